The summed E-state index contributed by atoms with van der Waals surface area (Å²) in [6, 6.07) is 10.9. The fourth-order valence-corrected chi connectivity index (χ4v) is 2.53. The van der Waals surface area contributed by atoms with E-state index in [-0.39, 0.29) is 11.5 Å². The quantitative estimate of drug-likeness (QED) is 0.791. The standard InChI is InChI=1S/C16H13BrClNO4/c1-9(23-14-7-4-11(18)8-13(14)17)15(20)19-12-5-2-10(3-6-12)16(21)22/h2-9H,1H3,(H,19,20)(H,21,22). The van der Waals surface area contributed by atoms with E-state index in [2.05, 4.69) is 21.2 Å². The number of ether oxygens (including phenoxy) is 1. The molecule has 2 N–H and O–H groups in total. The zero-order valence-electron chi connectivity index (χ0n) is 12.0. The molecule has 0 fully saturated rings. The Morgan fingerprint density at radius 1 is 1.22 bits per heavy atom. The molecule has 0 radical (unpaired) electrons. The van der Waals surface area contributed by atoms with Gasteiger partial charge in [0, 0.05) is 10.7 Å². The van der Waals surface area contributed by atoms with Gasteiger partial charge in [-0.1, -0.05) is 11.6 Å². The lowest BCUT2D eigenvalue weighted by atomic mass is 10.2. The van der Waals surface area contributed by atoms with Gasteiger partial charge in [0.2, 0.25) is 0 Å². The Kier molecular flexibility index (Phi) is 5.63. The number of nitrogens with one attached hydrogen (secondary N) is 1. The van der Waals surface area contributed by atoms with Gasteiger partial charge in [0.05, 0.1) is 10.0 Å². The van der Waals surface area contributed by atoms with Crippen molar-refractivity contribution in [3.63, 3.8) is 0 Å². The lowest BCUT2D eigenvalue weighted by Crippen LogP contribution is -2.30. The second kappa shape index (κ2) is 7.48. The third-order valence-corrected chi connectivity index (χ3v) is 3.82. The molecule has 2 rings (SSSR count). The number of carbonyl (C=O) groups excluding carboxylic acids is 1. The van der Waals surface area contributed by atoms with Gasteiger partial charge in [0.15, 0.2) is 6.10 Å². The summed E-state index contributed by atoms with van der Waals surface area (Å²) in [7, 11) is 0. The first-order valence-corrected chi connectivity index (χ1v) is 7.80. The number of halogens is 2. The molecule has 1 amide bonds. The van der Waals surface area contributed by atoms with E-state index in [0.29, 0.717) is 20.9 Å². The van der Waals surface area contributed by atoms with Gasteiger partial charge in [-0.15, -0.1) is 0 Å². The van der Waals surface area contributed by atoms with Crippen molar-refractivity contribution < 1.29 is 19.4 Å². The summed E-state index contributed by atoms with van der Waals surface area (Å²) in [5.74, 6) is -0.875. The van der Waals surface area contributed by atoms with E-state index in [0.717, 1.165) is 0 Å². The summed E-state index contributed by atoms with van der Waals surface area (Å²) >= 11 is 9.17. The monoisotopic (exact) mass is 397 g/mol. The van der Waals surface area contributed by atoms with Crippen LogP contribution in [0.4, 0.5) is 5.69 Å². The lowest BCUT2D eigenvalue weighted by molar-refractivity contribution is -0.122. The van der Waals surface area contributed by atoms with Gasteiger partial charge in [-0.3, -0.25) is 4.79 Å². The molecule has 0 saturated heterocycles. The van der Waals surface area contributed by atoms with Gasteiger partial charge in [-0.25, -0.2) is 4.79 Å². The van der Waals surface area contributed by atoms with E-state index in [9.17, 15) is 9.59 Å². The van der Waals surface area contributed by atoms with Crippen LogP contribution >= 0.6 is 27.5 Å². The van der Waals surface area contributed by atoms with Crippen molar-refractivity contribution in [3.8, 4) is 5.75 Å². The molecular weight excluding hydrogens is 386 g/mol. The zero-order chi connectivity index (χ0) is 17.0. The highest BCUT2D eigenvalue weighted by Crippen LogP contribution is 2.28. The molecule has 0 spiro atoms. The number of hydrogen-bond donors (Lipinski definition) is 2. The molecule has 1 unspecified atom stereocenters. The Morgan fingerprint density at radius 2 is 1.87 bits per heavy atom. The van der Waals surface area contributed by atoms with Crippen LogP contribution in [0.3, 0.4) is 0 Å². The van der Waals surface area contributed by atoms with Crippen molar-refractivity contribution in [1.82, 2.24) is 0 Å². The number of benzene rings is 2. The van der Waals surface area contributed by atoms with Gasteiger partial charge in [0.1, 0.15) is 5.75 Å². The van der Waals surface area contributed by atoms with E-state index >= 15 is 0 Å². The molecule has 0 saturated carbocycles. The maximum absolute atomic E-state index is 12.1. The number of carbonyl (C=O) groups is 2. The minimum absolute atomic E-state index is 0.150. The van der Waals surface area contributed by atoms with E-state index in [4.69, 9.17) is 21.4 Å². The third-order valence-electron chi connectivity index (χ3n) is 2.97. The molecule has 0 aliphatic carbocycles. The first-order chi connectivity index (χ1) is 10.9. The number of amides is 1. The Morgan fingerprint density at radius 3 is 2.43 bits per heavy atom. The average molecular weight is 399 g/mol. The highest BCUT2D eigenvalue weighted by atomic mass is 79.9. The smallest absolute Gasteiger partial charge is 0.335 e. The summed E-state index contributed by atoms with van der Waals surface area (Å²) in [6.45, 7) is 1.61. The van der Waals surface area contributed by atoms with E-state index in [1.807, 2.05) is 0 Å². The van der Waals surface area contributed by atoms with Gasteiger partial charge in [0.25, 0.3) is 5.91 Å². The van der Waals surface area contributed by atoms with Crippen molar-refractivity contribution in [2.24, 2.45) is 0 Å². The maximum atomic E-state index is 12.1. The molecular formula is C16H13BrClNO4. The topological polar surface area (TPSA) is 75.6 Å². The zero-order valence-corrected chi connectivity index (χ0v) is 14.4. The van der Waals surface area contributed by atoms with Crippen LogP contribution < -0.4 is 10.1 Å². The Labute approximate surface area is 146 Å². The van der Waals surface area contributed by atoms with Gasteiger partial charge in [-0.05, 0) is 65.3 Å². The Hall–Kier alpha value is -2.05. The van der Waals surface area contributed by atoms with E-state index in [1.54, 1.807) is 25.1 Å². The molecule has 2 aromatic rings. The van der Waals surface area contributed by atoms with Gasteiger partial charge in [-0.2, -0.15) is 0 Å². The normalized spacial score (nSPS) is 11.6. The highest BCUT2D eigenvalue weighted by molar-refractivity contribution is 9.10. The summed E-state index contributed by atoms with van der Waals surface area (Å²) in [6.07, 6.45) is -0.744. The lowest BCUT2D eigenvalue weighted by Gasteiger charge is -2.16. The summed E-state index contributed by atoms with van der Waals surface area (Å²) in [4.78, 5) is 22.9. The molecule has 120 valence electrons. The summed E-state index contributed by atoms with van der Waals surface area (Å²) in [5, 5.41) is 12.1. The molecule has 2 aromatic carbocycles. The first kappa shape index (κ1) is 17.3. The number of carboxylic acid groups (broad SMARTS) is 1. The van der Waals surface area contributed by atoms with Crippen molar-refractivity contribution in [2.45, 2.75) is 13.0 Å². The third kappa shape index (κ3) is 4.71. The maximum Gasteiger partial charge on any atom is 0.335 e. The van der Waals surface area contributed by atoms with Gasteiger partial charge >= 0.3 is 5.97 Å². The SMILES string of the molecule is CC(Oc1ccc(Cl)cc1Br)C(=O)Nc1ccc(C(=O)O)cc1. The molecule has 23 heavy (non-hydrogen) atoms. The average Bonchev–Trinajstić information content (AvgIpc) is 2.50. The van der Waals surface area contributed by atoms with Crippen LogP contribution in [-0.2, 0) is 4.79 Å². The van der Waals surface area contributed by atoms with E-state index in [1.165, 1.54) is 24.3 Å². The number of carboxylic acids is 1. The predicted molar refractivity (Wildman–Crippen MR) is 91.3 cm³/mol. The van der Waals surface area contributed by atoms with Crippen LogP contribution in [0, 0.1) is 0 Å². The van der Waals surface area contributed by atoms with Crippen molar-refractivity contribution in [3.05, 3.63) is 57.5 Å². The molecule has 7 heteroatoms. The first-order valence-electron chi connectivity index (χ1n) is 6.63. The van der Waals surface area contributed by atoms with Crippen LogP contribution in [0.5, 0.6) is 5.75 Å². The van der Waals surface area contributed by atoms with Crippen molar-refractivity contribution in [2.75, 3.05) is 5.32 Å². The number of hydrogen-bond acceptors (Lipinski definition) is 3. The molecule has 0 bridgehead atoms. The minimum Gasteiger partial charge on any atom is -0.480 e. The van der Waals surface area contributed by atoms with Crippen LogP contribution in [0.1, 0.15) is 17.3 Å². The highest BCUT2D eigenvalue weighted by Gasteiger charge is 2.16. The van der Waals surface area contributed by atoms with Crippen LogP contribution in [0.15, 0.2) is 46.9 Å². The Balaban J connectivity index is 2.00. The molecule has 0 aliphatic rings. The number of anilines is 1. The molecule has 0 heterocycles. The molecule has 0 aliphatic heterocycles. The van der Waals surface area contributed by atoms with Gasteiger partial charge < -0.3 is 15.2 Å². The number of rotatable bonds is 5. The fourth-order valence-electron chi connectivity index (χ4n) is 1.75. The largest absolute Gasteiger partial charge is 0.480 e. The summed E-state index contributed by atoms with van der Waals surface area (Å²) < 4.78 is 6.23. The fraction of sp³-hybridized carbons (Fsp3) is 0.125. The predicted octanol–water partition coefficient (Wildman–Crippen LogP) is 4.21. The summed E-state index contributed by atoms with van der Waals surface area (Å²) in [5.41, 5.74) is 0.642. The number of aromatic carboxylic acids is 1. The second-order valence-corrected chi connectivity index (χ2v) is 6.00. The van der Waals surface area contributed by atoms with Crippen molar-refractivity contribution >= 4 is 45.1 Å². The second-order valence-electron chi connectivity index (χ2n) is 4.71. The Bertz CT molecular complexity index is 733. The van der Waals surface area contributed by atoms with Crippen molar-refractivity contribution in [1.29, 1.82) is 0 Å². The van der Waals surface area contributed by atoms with Crippen LogP contribution in [0.25, 0.3) is 0 Å². The van der Waals surface area contributed by atoms with Crippen LogP contribution in [-0.4, -0.2) is 23.1 Å². The molecule has 1 atom stereocenters. The molecule has 0 aromatic heterocycles. The minimum atomic E-state index is -1.02. The molecule has 5 nitrogen and oxygen atoms in total. The van der Waals surface area contributed by atoms with Crippen LogP contribution in [0.2, 0.25) is 5.02 Å². The van der Waals surface area contributed by atoms with E-state index < -0.39 is 12.1 Å².